The number of nitrogens with zero attached hydrogens (tertiary/aromatic N) is 1. The van der Waals surface area contributed by atoms with E-state index in [2.05, 4.69) is 5.32 Å². The molecule has 0 aromatic heterocycles. The molecule has 8 heteroatoms. The van der Waals surface area contributed by atoms with Crippen molar-refractivity contribution >= 4 is 24.2 Å². The molecule has 0 bridgehead atoms. The Kier molecular flexibility index (Phi) is 6.79. The molecule has 0 saturated carbocycles. The summed E-state index contributed by atoms with van der Waals surface area (Å²) >= 11 is 0. The smallest absolute Gasteiger partial charge is 0.411 e. The second-order valence-corrected chi connectivity index (χ2v) is 8.17. The van der Waals surface area contributed by atoms with Crippen molar-refractivity contribution in [2.24, 2.45) is 0 Å². The van der Waals surface area contributed by atoms with Crippen LogP contribution >= 0.6 is 0 Å². The zero-order valence-corrected chi connectivity index (χ0v) is 17.7. The van der Waals surface area contributed by atoms with Gasteiger partial charge < -0.3 is 19.5 Å². The predicted octanol–water partition coefficient (Wildman–Crippen LogP) is 3.97. The van der Waals surface area contributed by atoms with Gasteiger partial charge in [0, 0.05) is 12.1 Å². The molecule has 8 nitrogen and oxygen atoms in total. The number of benzene rings is 2. The van der Waals surface area contributed by atoms with Crippen LogP contribution in [-0.4, -0.2) is 47.7 Å². The fraction of sp³-hybridized carbons (Fsp3) is 0.348. The molecule has 2 amide bonds. The van der Waals surface area contributed by atoms with Crippen molar-refractivity contribution in [3.63, 3.8) is 0 Å². The van der Waals surface area contributed by atoms with Crippen LogP contribution in [0.4, 0.5) is 10.5 Å². The van der Waals surface area contributed by atoms with Crippen LogP contribution in [0.15, 0.2) is 54.6 Å². The van der Waals surface area contributed by atoms with Crippen molar-refractivity contribution in [3.05, 3.63) is 54.6 Å². The number of amides is 2. The first-order valence-electron chi connectivity index (χ1n) is 9.98. The SMILES string of the molecule is CC(C)(C)OC(=O)N1C[C@@H](OC=O)C[C@H]1C(=O)Nc1ccc(Oc2ccccc2)cc1. The number of ether oxygens (including phenoxy) is 3. The Morgan fingerprint density at radius 1 is 1.03 bits per heavy atom. The number of likely N-dealkylation sites (tertiary alicyclic amines) is 1. The second-order valence-electron chi connectivity index (χ2n) is 8.17. The second kappa shape index (κ2) is 9.51. The molecule has 1 fully saturated rings. The van der Waals surface area contributed by atoms with Crippen LogP contribution in [0.5, 0.6) is 11.5 Å². The number of anilines is 1. The Morgan fingerprint density at radius 2 is 1.68 bits per heavy atom. The van der Waals surface area contributed by atoms with E-state index < -0.39 is 23.8 Å². The zero-order chi connectivity index (χ0) is 22.4. The van der Waals surface area contributed by atoms with Gasteiger partial charge in [0.1, 0.15) is 29.2 Å². The molecule has 0 aliphatic carbocycles. The van der Waals surface area contributed by atoms with Gasteiger partial charge in [-0.05, 0) is 57.2 Å². The molecule has 2 atom stereocenters. The van der Waals surface area contributed by atoms with E-state index in [4.69, 9.17) is 14.2 Å². The summed E-state index contributed by atoms with van der Waals surface area (Å²) in [7, 11) is 0. The highest BCUT2D eigenvalue weighted by Gasteiger charge is 2.42. The summed E-state index contributed by atoms with van der Waals surface area (Å²) in [4.78, 5) is 37.5. The molecule has 0 spiro atoms. The first kappa shape index (κ1) is 22.1. The van der Waals surface area contributed by atoms with Crippen molar-refractivity contribution in [3.8, 4) is 11.5 Å². The van der Waals surface area contributed by atoms with Crippen LogP contribution in [0.1, 0.15) is 27.2 Å². The topological polar surface area (TPSA) is 94.2 Å². The third-order valence-corrected chi connectivity index (χ3v) is 4.54. The number of rotatable bonds is 6. The van der Waals surface area contributed by atoms with Gasteiger partial charge in [-0.2, -0.15) is 0 Å². The Labute approximate surface area is 181 Å². The Morgan fingerprint density at radius 3 is 2.29 bits per heavy atom. The van der Waals surface area contributed by atoms with Crippen molar-refractivity contribution in [1.29, 1.82) is 0 Å². The third-order valence-electron chi connectivity index (χ3n) is 4.54. The molecule has 31 heavy (non-hydrogen) atoms. The molecule has 2 aromatic rings. The summed E-state index contributed by atoms with van der Waals surface area (Å²) in [5.41, 5.74) is -0.162. The summed E-state index contributed by atoms with van der Waals surface area (Å²) in [6, 6.07) is 15.4. The lowest BCUT2D eigenvalue weighted by atomic mass is 10.1. The van der Waals surface area contributed by atoms with Gasteiger partial charge in [-0.3, -0.25) is 14.5 Å². The van der Waals surface area contributed by atoms with Crippen molar-refractivity contribution < 1.29 is 28.6 Å². The van der Waals surface area contributed by atoms with Gasteiger partial charge in [0.2, 0.25) is 5.91 Å². The van der Waals surface area contributed by atoms with E-state index in [9.17, 15) is 14.4 Å². The summed E-state index contributed by atoms with van der Waals surface area (Å²) in [5.74, 6) is 0.943. The first-order valence-corrected chi connectivity index (χ1v) is 9.98. The van der Waals surface area contributed by atoms with E-state index in [0.29, 0.717) is 23.7 Å². The van der Waals surface area contributed by atoms with Crippen molar-refractivity contribution in [2.75, 3.05) is 11.9 Å². The van der Waals surface area contributed by atoms with E-state index >= 15 is 0 Å². The Bertz CT molecular complexity index is 908. The van der Waals surface area contributed by atoms with E-state index in [1.165, 1.54) is 4.90 Å². The average Bonchev–Trinajstić information content (AvgIpc) is 3.14. The lowest BCUT2D eigenvalue weighted by molar-refractivity contribution is -0.133. The number of nitrogens with one attached hydrogen (secondary N) is 1. The number of para-hydroxylation sites is 1. The summed E-state index contributed by atoms with van der Waals surface area (Å²) in [6.07, 6.45) is -1.00. The summed E-state index contributed by atoms with van der Waals surface area (Å²) in [6.45, 7) is 5.65. The van der Waals surface area contributed by atoms with Gasteiger partial charge in [0.05, 0.1) is 6.54 Å². The molecule has 1 N–H and O–H groups in total. The van der Waals surface area contributed by atoms with Gasteiger partial charge in [-0.1, -0.05) is 18.2 Å². The molecule has 0 unspecified atom stereocenters. The maximum absolute atomic E-state index is 12.9. The third kappa shape index (κ3) is 6.21. The minimum Gasteiger partial charge on any atom is -0.463 e. The number of carbonyl (C=O) groups is 3. The molecular formula is C23H26N2O6. The average molecular weight is 426 g/mol. The van der Waals surface area contributed by atoms with Crippen LogP contribution in [0, 0.1) is 0 Å². The molecule has 1 saturated heterocycles. The highest BCUT2D eigenvalue weighted by atomic mass is 16.6. The quantitative estimate of drug-likeness (QED) is 0.703. The number of hydrogen-bond acceptors (Lipinski definition) is 6. The van der Waals surface area contributed by atoms with Crippen molar-refractivity contribution in [2.45, 2.75) is 44.9 Å². The van der Waals surface area contributed by atoms with Gasteiger partial charge in [0.25, 0.3) is 6.47 Å². The minimum atomic E-state index is -0.819. The maximum Gasteiger partial charge on any atom is 0.411 e. The number of hydrogen-bond donors (Lipinski definition) is 1. The maximum atomic E-state index is 12.9. The highest BCUT2D eigenvalue weighted by molar-refractivity contribution is 5.97. The normalized spacial score (nSPS) is 18.2. The highest BCUT2D eigenvalue weighted by Crippen LogP contribution is 2.26. The molecule has 164 valence electrons. The fourth-order valence-electron chi connectivity index (χ4n) is 3.20. The zero-order valence-electron chi connectivity index (χ0n) is 17.7. The summed E-state index contributed by atoms with van der Waals surface area (Å²) < 4.78 is 16.1. The van der Waals surface area contributed by atoms with Crippen LogP contribution in [0.25, 0.3) is 0 Å². The van der Waals surface area contributed by atoms with E-state index in [0.717, 1.165) is 0 Å². The predicted molar refractivity (Wildman–Crippen MR) is 114 cm³/mol. The molecular weight excluding hydrogens is 400 g/mol. The molecule has 1 aliphatic heterocycles. The fourth-order valence-corrected chi connectivity index (χ4v) is 3.20. The molecule has 0 radical (unpaired) electrons. The van der Waals surface area contributed by atoms with Gasteiger partial charge in [0.15, 0.2) is 0 Å². The lowest BCUT2D eigenvalue weighted by Crippen LogP contribution is -2.45. The molecule has 1 heterocycles. The monoisotopic (exact) mass is 426 g/mol. The van der Waals surface area contributed by atoms with Crippen LogP contribution in [0.3, 0.4) is 0 Å². The van der Waals surface area contributed by atoms with E-state index in [1.54, 1.807) is 45.0 Å². The van der Waals surface area contributed by atoms with Crippen LogP contribution in [-0.2, 0) is 19.1 Å². The largest absolute Gasteiger partial charge is 0.463 e. The number of carbonyl (C=O) groups excluding carboxylic acids is 3. The first-order chi connectivity index (χ1) is 14.7. The van der Waals surface area contributed by atoms with Crippen LogP contribution < -0.4 is 10.1 Å². The van der Waals surface area contributed by atoms with Gasteiger partial charge in [-0.15, -0.1) is 0 Å². The van der Waals surface area contributed by atoms with E-state index in [1.807, 2.05) is 30.3 Å². The van der Waals surface area contributed by atoms with Crippen molar-refractivity contribution in [1.82, 2.24) is 4.90 Å². The van der Waals surface area contributed by atoms with E-state index in [-0.39, 0.29) is 18.9 Å². The molecule has 1 aliphatic rings. The van der Waals surface area contributed by atoms with Gasteiger partial charge >= 0.3 is 6.09 Å². The lowest BCUT2D eigenvalue weighted by Gasteiger charge is -2.27. The standard InChI is InChI=1S/C23H26N2O6/c1-23(2,3)31-22(28)25-14-19(29-15-26)13-20(25)21(27)24-16-9-11-18(12-10-16)30-17-7-5-4-6-8-17/h4-12,15,19-20H,13-14H2,1-3H3,(H,24,27)/t19-,20-/m0/s1. The molecule has 2 aromatic carbocycles. The van der Waals surface area contributed by atoms with Gasteiger partial charge in [-0.25, -0.2) is 4.79 Å². The Balaban J connectivity index is 1.66. The molecule has 3 rings (SSSR count). The van der Waals surface area contributed by atoms with Crippen LogP contribution in [0.2, 0.25) is 0 Å². The summed E-state index contributed by atoms with van der Waals surface area (Å²) in [5, 5.41) is 2.80. The Hall–Kier alpha value is -3.55. The minimum absolute atomic E-state index is 0.0929.